The molecule has 0 radical (unpaired) electrons. The summed E-state index contributed by atoms with van der Waals surface area (Å²) in [7, 11) is 0. The molecule has 74 heavy (non-hydrogen) atoms. The van der Waals surface area contributed by atoms with Crippen LogP contribution in [0.25, 0.3) is 50.1 Å². The van der Waals surface area contributed by atoms with Crippen LogP contribution in [0.5, 0.6) is 11.5 Å². The molecule has 0 saturated carbocycles. The topological polar surface area (TPSA) is 35.9 Å². The van der Waals surface area contributed by atoms with Crippen LogP contribution in [0.4, 0.5) is 0 Å². The van der Waals surface area contributed by atoms with Crippen LogP contribution < -0.4 is 9.30 Å². The van der Waals surface area contributed by atoms with Crippen molar-refractivity contribution in [3.05, 3.63) is 234 Å². The number of imidazole rings is 1. The molecule has 0 unspecified atom stereocenters. The van der Waals surface area contributed by atoms with Crippen molar-refractivity contribution in [1.29, 1.82) is 0 Å². The first-order valence-corrected chi connectivity index (χ1v) is 25.7. The zero-order chi connectivity index (χ0) is 51.7. The zero-order valence-corrected chi connectivity index (χ0v) is 47.5. The van der Waals surface area contributed by atoms with Crippen LogP contribution in [0, 0.1) is 18.5 Å². The summed E-state index contributed by atoms with van der Waals surface area (Å²) >= 11 is 0. The van der Waals surface area contributed by atoms with Crippen molar-refractivity contribution in [3.63, 3.8) is 0 Å². The van der Waals surface area contributed by atoms with Gasteiger partial charge in [-0.15, -0.1) is 35.2 Å². The van der Waals surface area contributed by atoms with E-state index in [0.29, 0.717) is 11.5 Å². The number of ether oxygens (including phenoxy) is 1. The van der Waals surface area contributed by atoms with Gasteiger partial charge in [0.1, 0.15) is 5.82 Å². The predicted molar refractivity (Wildman–Crippen MR) is 301 cm³/mol. The molecule has 0 N–H and O–H groups in total. The van der Waals surface area contributed by atoms with Gasteiger partial charge in [-0.05, 0) is 96.6 Å². The molecule has 10 aromatic rings. The van der Waals surface area contributed by atoms with E-state index in [0.717, 1.165) is 55.8 Å². The number of pyridine rings is 1. The van der Waals surface area contributed by atoms with Crippen LogP contribution in [-0.4, -0.2) is 14.1 Å². The summed E-state index contributed by atoms with van der Waals surface area (Å²) in [6.45, 7) is 29.6. The Balaban J connectivity index is 0.00000672. The van der Waals surface area contributed by atoms with E-state index in [1.807, 2.05) is 12.3 Å². The van der Waals surface area contributed by atoms with Gasteiger partial charge >= 0.3 is 0 Å². The number of hydrogen-bond acceptors (Lipinski definition) is 2. The summed E-state index contributed by atoms with van der Waals surface area (Å²) in [5.74, 6) is 1.99. The summed E-state index contributed by atoms with van der Waals surface area (Å²) < 4.78 is 13.6. The zero-order valence-electron chi connectivity index (χ0n) is 45.3. The monoisotopic (exact) mass is 1150 g/mol. The second-order valence-corrected chi connectivity index (χ2v) is 24.0. The number of rotatable bonds is 10. The Labute approximate surface area is 454 Å². The van der Waals surface area contributed by atoms with Crippen LogP contribution in [-0.2, 0) is 48.1 Å². The molecule has 0 atom stereocenters. The maximum absolute atomic E-state index is 7.02. The van der Waals surface area contributed by atoms with Crippen molar-refractivity contribution in [2.24, 2.45) is 0 Å². The van der Waals surface area contributed by atoms with Crippen molar-refractivity contribution < 1.29 is 30.4 Å². The standard InChI is InChI=1S/C68H68N4O.Pt/c1-64(2,3)50-29-32-60-59(40-50)58-31-30-56(43-61(58)72(60)63-41-51(33-34-69-63)65(4,5)6)73-57-36-47(46-23-17-14-18-24-46)35-55(42-57)71-45-70(44-62(71)68(12,13)49-27-21-16-22-28-49)54-38-52(66(7,8)9)37-53(39-54)67(10,11)48-25-19-15-20-26-48;/h14-41,44H,1-13H3;/q-2;. The Morgan fingerprint density at radius 1 is 0.473 bits per heavy atom. The Morgan fingerprint density at radius 2 is 1.07 bits per heavy atom. The Morgan fingerprint density at radius 3 is 1.70 bits per heavy atom. The maximum atomic E-state index is 7.02. The van der Waals surface area contributed by atoms with Gasteiger partial charge in [-0.1, -0.05) is 205 Å². The van der Waals surface area contributed by atoms with Gasteiger partial charge in [-0.2, -0.15) is 12.1 Å². The minimum absolute atomic E-state index is 0. The quantitative estimate of drug-likeness (QED) is 0.101. The van der Waals surface area contributed by atoms with Crippen LogP contribution in [0.2, 0.25) is 0 Å². The van der Waals surface area contributed by atoms with Crippen molar-refractivity contribution in [2.75, 3.05) is 0 Å². The van der Waals surface area contributed by atoms with Crippen molar-refractivity contribution in [3.8, 4) is 39.8 Å². The van der Waals surface area contributed by atoms with Gasteiger partial charge in [-0.25, -0.2) is 4.98 Å². The molecule has 3 heterocycles. The number of benzene rings is 7. The molecule has 0 aliphatic rings. The van der Waals surface area contributed by atoms with E-state index in [9.17, 15) is 0 Å². The van der Waals surface area contributed by atoms with E-state index < -0.39 is 5.41 Å². The molecule has 0 aliphatic carbocycles. The number of hydrogen-bond donors (Lipinski definition) is 0. The first-order valence-electron chi connectivity index (χ1n) is 25.7. The molecule has 5 nitrogen and oxygen atoms in total. The Kier molecular flexibility index (Phi) is 13.7. The molecule has 0 saturated heterocycles. The average Bonchev–Trinajstić information content (AvgIpc) is 3.97. The molecule has 378 valence electrons. The molecule has 0 spiro atoms. The molecule has 7 aromatic carbocycles. The number of fused-ring (bicyclic) bond motifs is 3. The fourth-order valence-electron chi connectivity index (χ4n) is 10.0. The van der Waals surface area contributed by atoms with E-state index in [1.54, 1.807) is 0 Å². The fraction of sp³-hybridized carbons (Fsp3) is 0.265. The first-order chi connectivity index (χ1) is 34.6. The number of nitrogens with zero attached hydrogens (tertiary/aromatic N) is 4. The molecule has 0 amide bonds. The van der Waals surface area contributed by atoms with Crippen molar-refractivity contribution >= 4 is 21.8 Å². The van der Waals surface area contributed by atoms with Gasteiger partial charge in [0.2, 0.25) is 0 Å². The van der Waals surface area contributed by atoms with Crippen LogP contribution >= 0.6 is 0 Å². The third-order valence-corrected chi connectivity index (χ3v) is 14.9. The third-order valence-electron chi connectivity index (χ3n) is 14.9. The van der Waals surface area contributed by atoms with E-state index in [-0.39, 0.29) is 42.7 Å². The van der Waals surface area contributed by atoms with Crippen molar-refractivity contribution in [2.45, 2.75) is 117 Å². The maximum Gasteiger partial charge on any atom is 0.267 e. The van der Waals surface area contributed by atoms with E-state index in [2.05, 4.69) is 286 Å². The molecular weight excluding hydrogens is 1080 g/mol. The van der Waals surface area contributed by atoms with Gasteiger partial charge in [0.05, 0.1) is 11.4 Å². The summed E-state index contributed by atoms with van der Waals surface area (Å²) in [6.07, 6.45) is 8.06. The summed E-state index contributed by atoms with van der Waals surface area (Å²) in [5.41, 5.74) is 13.5. The van der Waals surface area contributed by atoms with Gasteiger partial charge < -0.3 is 13.9 Å². The molecule has 6 heteroatoms. The predicted octanol–water partition coefficient (Wildman–Crippen LogP) is 16.6. The second kappa shape index (κ2) is 19.5. The molecule has 0 fully saturated rings. The van der Waals surface area contributed by atoms with Crippen molar-refractivity contribution in [1.82, 2.24) is 14.1 Å². The summed E-state index contributed by atoms with van der Waals surface area (Å²) in [5, 5.41) is 2.24. The van der Waals surface area contributed by atoms with Gasteiger partial charge in [0.15, 0.2) is 0 Å². The molecule has 3 aromatic heterocycles. The smallest absolute Gasteiger partial charge is 0.267 e. The minimum atomic E-state index is -0.453. The molecule has 0 bridgehead atoms. The van der Waals surface area contributed by atoms with Crippen LogP contribution in [0.15, 0.2) is 176 Å². The average molecular weight is 1150 g/mol. The normalized spacial score (nSPS) is 12.6. The molecule has 10 rings (SSSR count). The Bertz CT molecular complexity index is 3640. The minimum Gasteiger partial charge on any atom is -0.510 e. The van der Waals surface area contributed by atoms with E-state index >= 15 is 0 Å². The van der Waals surface area contributed by atoms with Crippen LogP contribution in [0.1, 0.15) is 129 Å². The van der Waals surface area contributed by atoms with E-state index in [1.165, 1.54) is 33.4 Å². The first kappa shape index (κ1) is 52.1. The van der Waals surface area contributed by atoms with Gasteiger partial charge in [0, 0.05) is 61.3 Å². The number of aromatic nitrogens is 4. The van der Waals surface area contributed by atoms with Gasteiger partial charge in [-0.3, -0.25) is 4.57 Å². The largest absolute Gasteiger partial charge is 0.510 e. The third kappa shape index (κ3) is 10.1. The van der Waals surface area contributed by atoms with E-state index in [4.69, 9.17) is 9.72 Å². The SMILES string of the molecule is CC(C)(C)c1cc(-[n+]2[c-]n(-c3[c-]c(Oc4[c-]c5c(cc4)c4cc(C(C)(C)C)ccc4n5-c4cc(C(C)(C)C)ccn4)cc(-c4ccccc4)c3)c(C(C)(C)c3ccccc3)c2)cc(C(C)(C)c2ccccc2)c1.[Pt]. The summed E-state index contributed by atoms with van der Waals surface area (Å²) in [6, 6.07) is 66.3. The van der Waals surface area contributed by atoms with Crippen LogP contribution in [0.3, 0.4) is 0 Å². The van der Waals surface area contributed by atoms with Gasteiger partial charge in [0.25, 0.3) is 6.33 Å². The molecule has 0 aliphatic heterocycles. The fourth-order valence-corrected chi connectivity index (χ4v) is 10.0. The second-order valence-electron chi connectivity index (χ2n) is 24.0. The Hall–Kier alpha value is -6.81. The molecular formula is C68H68N4OPt-2. The summed E-state index contributed by atoms with van der Waals surface area (Å²) in [4.78, 5) is 4.98.